The van der Waals surface area contributed by atoms with Gasteiger partial charge in [-0.3, -0.25) is 4.98 Å². The molecule has 0 unspecified atom stereocenters. The Morgan fingerprint density at radius 2 is 2.35 bits per heavy atom. The Hall–Kier alpha value is -1.41. The van der Waals surface area contributed by atoms with Crippen LogP contribution in [0.5, 0.6) is 0 Å². The van der Waals surface area contributed by atoms with Crippen LogP contribution in [-0.2, 0) is 0 Å². The molecule has 1 N–H and O–H groups in total. The number of hydrogen-bond donors (Lipinski definition) is 1. The summed E-state index contributed by atoms with van der Waals surface area (Å²) in [6.45, 7) is 4.96. The van der Waals surface area contributed by atoms with Crippen molar-refractivity contribution in [2.24, 2.45) is 5.92 Å². The highest BCUT2D eigenvalue weighted by Crippen LogP contribution is 2.36. The molecule has 1 aliphatic carbocycles. The molecule has 0 amide bonds. The number of nitrogens with zero attached hydrogens (tertiary/aromatic N) is 1. The standard InChI is InChI=1S/C15H18N2/c1-2-11-6-14(10-16-9-11)13-7-12-4-3-5-17-15(12)8-13/h2,6,8-10,12,15,17H,1,3-5,7H2/t12-,15+/m0/s1. The molecule has 17 heavy (non-hydrogen) atoms. The molecule has 1 aliphatic heterocycles. The number of hydrogen-bond acceptors (Lipinski definition) is 2. The minimum Gasteiger partial charge on any atom is -0.310 e. The second-order valence-corrected chi connectivity index (χ2v) is 4.99. The molecular formula is C15H18N2. The van der Waals surface area contributed by atoms with Gasteiger partial charge in [-0.1, -0.05) is 18.7 Å². The molecule has 0 aromatic carbocycles. The highest BCUT2D eigenvalue weighted by Gasteiger charge is 2.29. The van der Waals surface area contributed by atoms with Gasteiger partial charge < -0.3 is 5.32 Å². The molecule has 1 aromatic rings. The molecule has 2 nitrogen and oxygen atoms in total. The lowest BCUT2D eigenvalue weighted by Crippen LogP contribution is -2.37. The molecule has 3 rings (SSSR count). The predicted octanol–water partition coefficient (Wildman–Crippen LogP) is 2.88. The van der Waals surface area contributed by atoms with Gasteiger partial charge in [0.05, 0.1) is 0 Å². The number of piperidine rings is 1. The first-order chi connectivity index (χ1) is 8.36. The summed E-state index contributed by atoms with van der Waals surface area (Å²) in [4.78, 5) is 4.28. The second-order valence-electron chi connectivity index (χ2n) is 4.99. The minimum atomic E-state index is 0.589. The normalized spacial score (nSPS) is 27.4. The fourth-order valence-corrected chi connectivity index (χ4v) is 2.93. The number of allylic oxidation sites excluding steroid dienone is 1. The summed E-state index contributed by atoms with van der Waals surface area (Å²) in [6.07, 6.45) is 11.9. The first-order valence-corrected chi connectivity index (χ1v) is 6.39. The molecule has 0 saturated carbocycles. The molecule has 88 valence electrons. The number of fused-ring (bicyclic) bond motifs is 1. The average molecular weight is 226 g/mol. The van der Waals surface area contributed by atoms with Crippen molar-refractivity contribution >= 4 is 11.6 Å². The SMILES string of the molecule is C=Cc1cncc(C2=C[C@H]3NCCC[C@H]3C2)c1. The highest BCUT2D eigenvalue weighted by atomic mass is 14.9. The zero-order valence-corrected chi connectivity index (χ0v) is 10.0. The summed E-state index contributed by atoms with van der Waals surface area (Å²) >= 11 is 0. The van der Waals surface area contributed by atoms with Crippen molar-refractivity contribution in [1.82, 2.24) is 10.3 Å². The molecule has 0 spiro atoms. The van der Waals surface area contributed by atoms with E-state index in [2.05, 4.69) is 29.0 Å². The van der Waals surface area contributed by atoms with Crippen LogP contribution < -0.4 is 5.32 Å². The number of rotatable bonds is 2. The van der Waals surface area contributed by atoms with Crippen LogP contribution in [0.25, 0.3) is 11.6 Å². The van der Waals surface area contributed by atoms with E-state index in [0.29, 0.717) is 6.04 Å². The van der Waals surface area contributed by atoms with E-state index in [9.17, 15) is 0 Å². The Kier molecular flexibility index (Phi) is 2.81. The van der Waals surface area contributed by atoms with Gasteiger partial charge in [-0.05, 0) is 54.5 Å². The van der Waals surface area contributed by atoms with Gasteiger partial charge in [-0.15, -0.1) is 0 Å². The monoisotopic (exact) mass is 226 g/mol. The smallest absolute Gasteiger partial charge is 0.0343 e. The minimum absolute atomic E-state index is 0.589. The van der Waals surface area contributed by atoms with Crippen molar-refractivity contribution in [2.45, 2.75) is 25.3 Å². The largest absolute Gasteiger partial charge is 0.310 e. The molecular weight excluding hydrogens is 208 g/mol. The average Bonchev–Trinajstić information content (AvgIpc) is 2.82. The second kappa shape index (κ2) is 4.46. The van der Waals surface area contributed by atoms with Crippen molar-refractivity contribution < 1.29 is 0 Å². The van der Waals surface area contributed by atoms with Crippen LogP contribution in [-0.4, -0.2) is 17.6 Å². The summed E-state index contributed by atoms with van der Waals surface area (Å²) < 4.78 is 0. The maximum atomic E-state index is 4.28. The van der Waals surface area contributed by atoms with Crippen LogP contribution in [0.1, 0.15) is 30.4 Å². The van der Waals surface area contributed by atoms with Crippen molar-refractivity contribution in [1.29, 1.82) is 0 Å². The van der Waals surface area contributed by atoms with Crippen molar-refractivity contribution in [3.8, 4) is 0 Å². The zero-order chi connectivity index (χ0) is 11.7. The van der Waals surface area contributed by atoms with E-state index in [4.69, 9.17) is 0 Å². The lowest BCUT2D eigenvalue weighted by molar-refractivity contribution is 0.341. The number of aromatic nitrogens is 1. The fourth-order valence-electron chi connectivity index (χ4n) is 2.93. The van der Waals surface area contributed by atoms with Crippen molar-refractivity contribution in [2.75, 3.05) is 6.54 Å². The first-order valence-electron chi connectivity index (χ1n) is 6.39. The lowest BCUT2D eigenvalue weighted by Gasteiger charge is -2.25. The highest BCUT2D eigenvalue weighted by molar-refractivity contribution is 5.70. The molecule has 1 aromatic heterocycles. The van der Waals surface area contributed by atoms with Gasteiger partial charge in [0.2, 0.25) is 0 Å². The van der Waals surface area contributed by atoms with Crippen LogP contribution in [0.3, 0.4) is 0 Å². The van der Waals surface area contributed by atoms with Gasteiger partial charge in [0, 0.05) is 18.4 Å². The van der Waals surface area contributed by atoms with Gasteiger partial charge in [-0.25, -0.2) is 0 Å². The van der Waals surface area contributed by atoms with E-state index in [-0.39, 0.29) is 0 Å². The van der Waals surface area contributed by atoms with Crippen LogP contribution in [0.2, 0.25) is 0 Å². The zero-order valence-electron chi connectivity index (χ0n) is 10.0. The van der Waals surface area contributed by atoms with Crippen LogP contribution in [0, 0.1) is 5.92 Å². The van der Waals surface area contributed by atoms with E-state index < -0.39 is 0 Å². The van der Waals surface area contributed by atoms with Gasteiger partial charge in [-0.2, -0.15) is 0 Å². The van der Waals surface area contributed by atoms with E-state index >= 15 is 0 Å². The fraction of sp³-hybridized carbons (Fsp3) is 0.400. The van der Waals surface area contributed by atoms with E-state index in [1.54, 1.807) is 0 Å². The Bertz CT molecular complexity index is 462. The topological polar surface area (TPSA) is 24.9 Å². The van der Waals surface area contributed by atoms with Gasteiger partial charge in [0.1, 0.15) is 0 Å². The van der Waals surface area contributed by atoms with Gasteiger partial charge in [0.25, 0.3) is 0 Å². The summed E-state index contributed by atoms with van der Waals surface area (Å²) in [6, 6.07) is 2.77. The molecule has 0 bridgehead atoms. The maximum Gasteiger partial charge on any atom is 0.0343 e. The van der Waals surface area contributed by atoms with Gasteiger partial charge >= 0.3 is 0 Å². The summed E-state index contributed by atoms with van der Waals surface area (Å²) in [5.41, 5.74) is 3.82. The lowest BCUT2D eigenvalue weighted by atomic mass is 9.92. The third kappa shape index (κ3) is 2.05. The summed E-state index contributed by atoms with van der Waals surface area (Å²) in [7, 11) is 0. The summed E-state index contributed by atoms with van der Waals surface area (Å²) in [5.74, 6) is 0.797. The summed E-state index contributed by atoms with van der Waals surface area (Å²) in [5, 5.41) is 3.59. The third-order valence-corrected chi connectivity index (χ3v) is 3.87. The maximum absolute atomic E-state index is 4.28. The first kappa shape index (κ1) is 10.7. The van der Waals surface area contributed by atoms with E-state index in [1.165, 1.54) is 30.4 Å². The quantitative estimate of drug-likeness (QED) is 0.838. The van der Waals surface area contributed by atoms with Crippen LogP contribution in [0.4, 0.5) is 0 Å². The van der Waals surface area contributed by atoms with Gasteiger partial charge in [0.15, 0.2) is 0 Å². The molecule has 0 radical (unpaired) electrons. The Balaban J connectivity index is 1.87. The van der Waals surface area contributed by atoms with Crippen LogP contribution in [0.15, 0.2) is 31.1 Å². The molecule has 2 heteroatoms. The number of nitrogens with one attached hydrogen (secondary N) is 1. The molecule has 2 aliphatic rings. The van der Waals surface area contributed by atoms with Crippen LogP contribution >= 0.6 is 0 Å². The molecule has 2 heterocycles. The van der Waals surface area contributed by atoms with Crippen molar-refractivity contribution in [3.63, 3.8) is 0 Å². The number of pyridine rings is 1. The Morgan fingerprint density at radius 1 is 1.41 bits per heavy atom. The molecule has 1 saturated heterocycles. The van der Waals surface area contributed by atoms with E-state index in [1.807, 2.05) is 18.5 Å². The predicted molar refractivity (Wildman–Crippen MR) is 71.4 cm³/mol. The Labute approximate surface area is 102 Å². The molecule has 1 fully saturated rings. The van der Waals surface area contributed by atoms with Crippen molar-refractivity contribution in [3.05, 3.63) is 42.2 Å². The van der Waals surface area contributed by atoms with E-state index in [0.717, 1.165) is 18.0 Å². The third-order valence-electron chi connectivity index (χ3n) is 3.87. The Morgan fingerprint density at radius 3 is 3.18 bits per heavy atom. The molecule has 2 atom stereocenters.